The van der Waals surface area contributed by atoms with Gasteiger partial charge in [0, 0.05) is 4.47 Å². The van der Waals surface area contributed by atoms with E-state index in [0.29, 0.717) is 33.8 Å². The summed E-state index contributed by atoms with van der Waals surface area (Å²) in [6.07, 6.45) is 2.25. The molecule has 0 saturated carbocycles. The summed E-state index contributed by atoms with van der Waals surface area (Å²) in [5.41, 5.74) is 0.735. The molecule has 4 amide bonds. The van der Waals surface area contributed by atoms with Gasteiger partial charge in [0.1, 0.15) is 5.57 Å². The van der Waals surface area contributed by atoms with E-state index in [1.54, 1.807) is 42.5 Å². The third-order valence-electron chi connectivity index (χ3n) is 4.16. The van der Waals surface area contributed by atoms with Gasteiger partial charge in [0.2, 0.25) is 0 Å². The number of nitrogens with one attached hydrogen (secondary N) is 1. The average molecular weight is 459 g/mol. The van der Waals surface area contributed by atoms with E-state index >= 15 is 0 Å². The van der Waals surface area contributed by atoms with Crippen molar-refractivity contribution in [3.05, 3.63) is 58.1 Å². The third-order valence-corrected chi connectivity index (χ3v) is 4.85. The zero-order valence-corrected chi connectivity index (χ0v) is 17.5. The molecule has 2 aromatic carbocycles. The minimum atomic E-state index is -0.789. The van der Waals surface area contributed by atoms with Crippen molar-refractivity contribution in [1.82, 2.24) is 5.32 Å². The smallest absolute Gasteiger partial charge is 0.335 e. The number of ether oxygens (including phenoxy) is 2. The maximum absolute atomic E-state index is 12.9. The molecule has 150 valence electrons. The van der Waals surface area contributed by atoms with Crippen molar-refractivity contribution >= 4 is 45.5 Å². The molecule has 0 atom stereocenters. The van der Waals surface area contributed by atoms with Crippen molar-refractivity contribution < 1.29 is 23.9 Å². The molecule has 1 heterocycles. The molecular formula is C21H19BrN2O5. The quantitative estimate of drug-likeness (QED) is 0.523. The molecule has 3 rings (SSSR count). The second-order valence-electron chi connectivity index (χ2n) is 6.17. The largest absolute Gasteiger partial charge is 0.493 e. The number of amides is 4. The molecule has 7 nitrogen and oxygen atoms in total. The SMILES string of the molecule is CCCOc1cc(Br)c(C=C2C(=O)NC(=O)N(c3ccccc3)C2=O)cc1OC. The molecule has 0 radical (unpaired) electrons. The Kier molecular flexibility index (Phi) is 6.33. The average Bonchev–Trinajstić information content (AvgIpc) is 2.71. The fraction of sp³-hybridized carbons (Fsp3) is 0.190. The molecule has 1 N–H and O–H groups in total. The van der Waals surface area contributed by atoms with E-state index in [2.05, 4.69) is 21.2 Å². The van der Waals surface area contributed by atoms with Gasteiger partial charge in [-0.2, -0.15) is 0 Å². The number of benzene rings is 2. The minimum absolute atomic E-state index is 0.168. The molecule has 0 aliphatic carbocycles. The van der Waals surface area contributed by atoms with E-state index < -0.39 is 17.8 Å². The fourth-order valence-corrected chi connectivity index (χ4v) is 3.21. The zero-order valence-electron chi connectivity index (χ0n) is 15.9. The number of para-hydroxylation sites is 1. The number of anilines is 1. The Hall–Kier alpha value is -3.13. The summed E-state index contributed by atoms with van der Waals surface area (Å²) >= 11 is 3.44. The van der Waals surface area contributed by atoms with E-state index in [0.717, 1.165) is 11.3 Å². The molecule has 1 aliphatic heterocycles. The van der Waals surface area contributed by atoms with Crippen molar-refractivity contribution in [2.24, 2.45) is 0 Å². The first-order valence-electron chi connectivity index (χ1n) is 8.93. The van der Waals surface area contributed by atoms with E-state index in [9.17, 15) is 14.4 Å². The number of carbonyl (C=O) groups is 3. The summed E-state index contributed by atoms with van der Waals surface area (Å²) in [5, 5.41) is 2.20. The number of barbiturate groups is 1. The van der Waals surface area contributed by atoms with Gasteiger partial charge in [-0.25, -0.2) is 9.69 Å². The van der Waals surface area contributed by atoms with Crippen LogP contribution in [0, 0.1) is 0 Å². The number of hydrogen-bond acceptors (Lipinski definition) is 5. The normalized spacial score (nSPS) is 15.5. The number of halogens is 1. The van der Waals surface area contributed by atoms with Crippen molar-refractivity contribution in [3.63, 3.8) is 0 Å². The van der Waals surface area contributed by atoms with Crippen LogP contribution >= 0.6 is 15.9 Å². The van der Waals surface area contributed by atoms with Crippen LogP contribution in [0.5, 0.6) is 11.5 Å². The fourth-order valence-electron chi connectivity index (χ4n) is 2.77. The number of carbonyl (C=O) groups excluding carboxylic acids is 3. The van der Waals surface area contributed by atoms with Crippen molar-refractivity contribution in [2.45, 2.75) is 13.3 Å². The molecule has 1 saturated heterocycles. The maximum Gasteiger partial charge on any atom is 0.335 e. The second kappa shape index (κ2) is 8.91. The van der Waals surface area contributed by atoms with Crippen LogP contribution in [0.3, 0.4) is 0 Å². The molecule has 0 aromatic heterocycles. The van der Waals surface area contributed by atoms with Gasteiger partial charge in [-0.3, -0.25) is 14.9 Å². The Morgan fingerprint density at radius 3 is 2.48 bits per heavy atom. The lowest BCUT2D eigenvalue weighted by molar-refractivity contribution is -0.122. The summed E-state index contributed by atoms with van der Waals surface area (Å²) in [4.78, 5) is 38.4. The van der Waals surface area contributed by atoms with E-state index in [-0.39, 0.29) is 5.57 Å². The van der Waals surface area contributed by atoms with Gasteiger partial charge in [-0.05, 0) is 42.3 Å². The van der Waals surface area contributed by atoms with E-state index in [1.807, 2.05) is 6.92 Å². The molecule has 29 heavy (non-hydrogen) atoms. The highest BCUT2D eigenvalue weighted by Gasteiger charge is 2.36. The highest BCUT2D eigenvalue weighted by molar-refractivity contribution is 9.10. The molecule has 1 fully saturated rings. The standard InChI is InChI=1S/C21H19BrN2O5/c1-3-9-29-18-12-16(22)13(11-17(18)28-2)10-15-19(25)23-21(27)24(20(15)26)14-7-5-4-6-8-14/h4-8,10-12H,3,9H2,1-2H3,(H,23,25,27). The van der Waals surface area contributed by atoms with E-state index in [4.69, 9.17) is 9.47 Å². The van der Waals surface area contributed by atoms with Crippen molar-refractivity contribution in [3.8, 4) is 11.5 Å². The molecular weight excluding hydrogens is 440 g/mol. The van der Waals surface area contributed by atoms with Gasteiger partial charge in [-0.1, -0.05) is 41.1 Å². The predicted octanol–water partition coefficient (Wildman–Crippen LogP) is 3.91. The van der Waals surface area contributed by atoms with Gasteiger partial charge < -0.3 is 9.47 Å². The van der Waals surface area contributed by atoms with Gasteiger partial charge in [0.05, 0.1) is 19.4 Å². The number of hydrogen-bond donors (Lipinski definition) is 1. The van der Waals surface area contributed by atoms with Crippen LogP contribution in [-0.4, -0.2) is 31.6 Å². The first kappa shape index (κ1) is 20.6. The van der Waals surface area contributed by atoms with Crippen LogP contribution in [0.15, 0.2) is 52.5 Å². The first-order valence-corrected chi connectivity index (χ1v) is 9.72. The number of nitrogens with zero attached hydrogens (tertiary/aromatic N) is 1. The second-order valence-corrected chi connectivity index (χ2v) is 7.02. The lowest BCUT2D eigenvalue weighted by atomic mass is 10.1. The molecule has 1 aliphatic rings. The number of methoxy groups -OCH3 is 1. The summed E-state index contributed by atoms with van der Waals surface area (Å²) in [6.45, 7) is 2.52. The lowest BCUT2D eigenvalue weighted by Gasteiger charge is -2.26. The molecule has 8 heteroatoms. The van der Waals surface area contributed by atoms with Crippen LogP contribution in [0.2, 0.25) is 0 Å². The van der Waals surface area contributed by atoms with E-state index in [1.165, 1.54) is 13.2 Å². The predicted molar refractivity (Wildman–Crippen MR) is 112 cm³/mol. The van der Waals surface area contributed by atoms with Crippen molar-refractivity contribution in [1.29, 1.82) is 0 Å². The first-order chi connectivity index (χ1) is 14.0. The Morgan fingerprint density at radius 2 is 1.83 bits per heavy atom. The summed E-state index contributed by atoms with van der Waals surface area (Å²) in [7, 11) is 1.51. The highest BCUT2D eigenvalue weighted by atomic mass is 79.9. The molecule has 2 aromatic rings. The van der Waals surface area contributed by atoms with Crippen molar-refractivity contribution in [2.75, 3.05) is 18.6 Å². The van der Waals surface area contributed by atoms with Crippen LogP contribution in [0.4, 0.5) is 10.5 Å². The Morgan fingerprint density at radius 1 is 1.10 bits per heavy atom. The lowest BCUT2D eigenvalue weighted by Crippen LogP contribution is -2.54. The summed E-state index contributed by atoms with van der Waals surface area (Å²) in [5.74, 6) is -0.455. The van der Waals surface area contributed by atoms with Gasteiger partial charge >= 0.3 is 6.03 Å². The Balaban J connectivity index is 2.01. The van der Waals surface area contributed by atoms with Crippen LogP contribution in [0.25, 0.3) is 6.08 Å². The highest BCUT2D eigenvalue weighted by Crippen LogP contribution is 2.35. The maximum atomic E-state index is 12.9. The van der Waals surface area contributed by atoms with Gasteiger partial charge in [0.15, 0.2) is 11.5 Å². The Labute approximate surface area is 176 Å². The van der Waals surface area contributed by atoms with Gasteiger partial charge in [0.25, 0.3) is 11.8 Å². The van der Waals surface area contributed by atoms with Crippen LogP contribution in [-0.2, 0) is 9.59 Å². The zero-order chi connectivity index (χ0) is 21.0. The molecule has 0 bridgehead atoms. The van der Waals surface area contributed by atoms with Crippen LogP contribution < -0.4 is 19.7 Å². The minimum Gasteiger partial charge on any atom is -0.493 e. The topological polar surface area (TPSA) is 84.9 Å². The summed E-state index contributed by atoms with van der Waals surface area (Å²) < 4.78 is 11.6. The number of urea groups is 1. The number of imide groups is 2. The van der Waals surface area contributed by atoms with Gasteiger partial charge in [-0.15, -0.1) is 0 Å². The van der Waals surface area contributed by atoms with Crippen LogP contribution in [0.1, 0.15) is 18.9 Å². The third kappa shape index (κ3) is 4.32. The monoisotopic (exact) mass is 458 g/mol. The number of rotatable bonds is 6. The summed E-state index contributed by atoms with van der Waals surface area (Å²) in [6, 6.07) is 11.0. The molecule has 0 unspecified atom stereocenters. The molecule has 0 spiro atoms. The Bertz CT molecular complexity index is 988.